The van der Waals surface area contributed by atoms with Crippen molar-refractivity contribution in [2.45, 2.75) is 78.2 Å². The van der Waals surface area contributed by atoms with Crippen LogP contribution >= 0.6 is 0 Å². The monoisotopic (exact) mass is 455 g/mol. The molecule has 0 spiro atoms. The number of ketones is 1. The third-order valence-electron chi connectivity index (χ3n) is 10.1. The molecule has 0 amide bonds. The number of hydrogen-bond acceptors (Lipinski definition) is 5. The predicted octanol–water partition coefficient (Wildman–Crippen LogP) is 4.71. The fourth-order valence-electron chi connectivity index (χ4n) is 8.16. The normalized spacial score (nSPS) is 40.7. The van der Waals surface area contributed by atoms with Crippen LogP contribution in [0.15, 0.2) is 23.3 Å². The third-order valence-corrected chi connectivity index (χ3v) is 10.1. The molecule has 5 rings (SSSR count). The zero-order valence-corrected chi connectivity index (χ0v) is 20.7. The SMILES string of the molecule is CC(=O)C1=CCC2C3CC=C4CC(OC(=O)CCN5CCOCC5)CC[C@]4(C)C3CC[C@]12C. The van der Waals surface area contributed by atoms with Gasteiger partial charge in [0, 0.05) is 26.1 Å². The smallest absolute Gasteiger partial charge is 0.307 e. The number of rotatable bonds is 5. The Bertz CT molecular complexity index is 856. The van der Waals surface area contributed by atoms with Crippen LogP contribution in [0.4, 0.5) is 0 Å². The topological polar surface area (TPSA) is 55.8 Å². The summed E-state index contributed by atoms with van der Waals surface area (Å²) < 4.78 is 11.3. The zero-order chi connectivity index (χ0) is 23.2. The molecule has 4 unspecified atom stereocenters. The van der Waals surface area contributed by atoms with Crippen molar-refractivity contribution >= 4 is 11.8 Å². The number of allylic oxidation sites excluding steroid dienone is 3. The number of carbonyl (C=O) groups excluding carboxylic acids is 2. The molecule has 0 aromatic heterocycles. The first-order chi connectivity index (χ1) is 15.8. The van der Waals surface area contributed by atoms with Crippen molar-refractivity contribution in [1.29, 1.82) is 0 Å². The molecule has 1 aliphatic heterocycles. The number of morpholine rings is 1. The highest BCUT2D eigenvalue weighted by molar-refractivity contribution is 5.95. The van der Waals surface area contributed by atoms with Gasteiger partial charge in [-0.1, -0.05) is 31.6 Å². The molecular formula is C28H41NO4. The average Bonchev–Trinajstić information content (AvgIpc) is 3.16. The van der Waals surface area contributed by atoms with Crippen molar-refractivity contribution in [2.24, 2.45) is 28.6 Å². The molecule has 0 bridgehead atoms. The van der Waals surface area contributed by atoms with E-state index in [-0.39, 0.29) is 28.7 Å². The molecule has 33 heavy (non-hydrogen) atoms. The highest BCUT2D eigenvalue weighted by Crippen LogP contribution is 2.65. The molecular weight excluding hydrogens is 414 g/mol. The number of esters is 1. The van der Waals surface area contributed by atoms with Crippen molar-refractivity contribution in [1.82, 2.24) is 4.90 Å². The largest absolute Gasteiger partial charge is 0.462 e. The highest BCUT2D eigenvalue weighted by Gasteiger charge is 2.57. The van der Waals surface area contributed by atoms with E-state index in [2.05, 4.69) is 30.9 Å². The molecule has 0 N–H and O–H groups in total. The fraction of sp³-hybridized carbons (Fsp3) is 0.786. The van der Waals surface area contributed by atoms with Gasteiger partial charge >= 0.3 is 5.97 Å². The van der Waals surface area contributed by atoms with E-state index in [4.69, 9.17) is 9.47 Å². The van der Waals surface area contributed by atoms with Gasteiger partial charge in [-0.2, -0.15) is 0 Å². The molecule has 0 aromatic carbocycles. The lowest BCUT2D eigenvalue weighted by atomic mass is 9.47. The highest BCUT2D eigenvalue weighted by atomic mass is 16.5. The molecule has 0 radical (unpaired) electrons. The van der Waals surface area contributed by atoms with E-state index >= 15 is 0 Å². The molecule has 6 atom stereocenters. The molecule has 5 heteroatoms. The van der Waals surface area contributed by atoms with Crippen molar-refractivity contribution in [3.8, 4) is 0 Å². The van der Waals surface area contributed by atoms with Crippen LogP contribution in [0.3, 0.4) is 0 Å². The van der Waals surface area contributed by atoms with E-state index in [0.29, 0.717) is 24.2 Å². The van der Waals surface area contributed by atoms with Crippen molar-refractivity contribution < 1.29 is 19.1 Å². The van der Waals surface area contributed by atoms with Gasteiger partial charge in [-0.15, -0.1) is 0 Å². The Hall–Kier alpha value is -1.46. The van der Waals surface area contributed by atoms with Crippen LogP contribution in [0, 0.1) is 28.6 Å². The van der Waals surface area contributed by atoms with Crippen LogP contribution in [-0.2, 0) is 19.1 Å². The number of fused-ring (bicyclic) bond motifs is 5. The molecule has 4 aliphatic carbocycles. The van der Waals surface area contributed by atoms with Crippen molar-refractivity contribution in [3.05, 3.63) is 23.3 Å². The van der Waals surface area contributed by atoms with Crippen molar-refractivity contribution in [3.63, 3.8) is 0 Å². The number of carbonyl (C=O) groups is 2. The summed E-state index contributed by atoms with van der Waals surface area (Å²) in [5, 5.41) is 0. The summed E-state index contributed by atoms with van der Waals surface area (Å²) in [4.78, 5) is 27.1. The standard InChI is InChI=1S/C28H41NO4/c1-19(30)23-6-7-24-22-5-4-20-18-21(33-26(31)10-13-29-14-16-32-17-15-29)8-11-27(20,2)25(22)9-12-28(23,24)3/h4,6,21-22,24-25H,5,7-18H2,1-3H3/t21?,22?,24?,25?,27-,28+/m0/s1. The third kappa shape index (κ3) is 4.14. The van der Waals surface area contributed by atoms with E-state index in [1.807, 2.05) is 0 Å². The van der Waals surface area contributed by atoms with Gasteiger partial charge in [-0.3, -0.25) is 14.5 Å². The minimum absolute atomic E-state index is 0.0318. The lowest BCUT2D eigenvalue weighted by Crippen LogP contribution is -2.50. The van der Waals surface area contributed by atoms with Gasteiger partial charge < -0.3 is 9.47 Å². The van der Waals surface area contributed by atoms with Gasteiger partial charge in [0.1, 0.15) is 6.10 Å². The Kier molecular flexibility index (Phi) is 6.32. The van der Waals surface area contributed by atoms with Gasteiger partial charge in [0.05, 0.1) is 19.6 Å². The molecule has 1 heterocycles. The van der Waals surface area contributed by atoms with E-state index in [1.54, 1.807) is 6.92 Å². The van der Waals surface area contributed by atoms with Crippen LogP contribution in [0.25, 0.3) is 0 Å². The Morgan fingerprint density at radius 2 is 1.82 bits per heavy atom. The summed E-state index contributed by atoms with van der Waals surface area (Å²) in [5.41, 5.74) is 2.92. The van der Waals surface area contributed by atoms with E-state index in [9.17, 15) is 9.59 Å². The maximum atomic E-state index is 12.5. The summed E-state index contributed by atoms with van der Waals surface area (Å²) in [7, 11) is 0. The average molecular weight is 456 g/mol. The lowest BCUT2D eigenvalue weighted by Gasteiger charge is -2.57. The van der Waals surface area contributed by atoms with Crippen LogP contribution in [0.2, 0.25) is 0 Å². The Labute approximate surface area is 198 Å². The second-order valence-electron chi connectivity index (χ2n) is 11.7. The van der Waals surface area contributed by atoms with Gasteiger partial charge in [0.25, 0.3) is 0 Å². The van der Waals surface area contributed by atoms with E-state index in [0.717, 1.165) is 76.9 Å². The first-order valence-electron chi connectivity index (χ1n) is 13.2. The molecule has 3 fully saturated rings. The van der Waals surface area contributed by atoms with Crippen LogP contribution in [-0.4, -0.2) is 55.6 Å². The van der Waals surface area contributed by atoms with Gasteiger partial charge in [-0.05, 0) is 79.6 Å². The molecule has 5 nitrogen and oxygen atoms in total. The molecule has 1 saturated heterocycles. The van der Waals surface area contributed by atoms with Crippen LogP contribution in [0.1, 0.15) is 72.1 Å². The minimum atomic E-state index is -0.0494. The van der Waals surface area contributed by atoms with E-state index in [1.165, 1.54) is 12.0 Å². The summed E-state index contributed by atoms with van der Waals surface area (Å²) in [6.07, 6.45) is 12.8. The Balaban J connectivity index is 1.21. The minimum Gasteiger partial charge on any atom is -0.462 e. The van der Waals surface area contributed by atoms with E-state index < -0.39 is 0 Å². The number of Topliss-reactive ketones (excluding diaryl/α,β-unsaturated/α-hetero) is 1. The number of nitrogens with zero attached hydrogens (tertiary/aromatic N) is 1. The Morgan fingerprint density at radius 3 is 2.58 bits per heavy atom. The van der Waals surface area contributed by atoms with Gasteiger partial charge in [0.2, 0.25) is 0 Å². The summed E-state index contributed by atoms with van der Waals surface area (Å²) in [6, 6.07) is 0. The van der Waals surface area contributed by atoms with Crippen molar-refractivity contribution in [2.75, 3.05) is 32.8 Å². The van der Waals surface area contributed by atoms with Gasteiger partial charge in [0.15, 0.2) is 5.78 Å². The van der Waals surface area contributed by atoms with Crippen LogP contribution < -0.4 is 0 Å². The van der Waals surface area contributed by atoms with Gasteiger partial charge in [-0.25, -0.2) is 0 Å². The lowest BCUT2D eigenvalue weighted by molar-refractivity contribution is -0.152. The first-order valence-corrected chi connectivity index (χ1v) is 13.2. The predicted molar refractivity (Wildman–Crippen MR) is 128 cm³/mol. The maximum absolute atomic E-state index is 12.5. The van der Waals surface area contributed by atoms with Crippen LogP contribution in [0.5, 0.6) is 0 Å². The zero-order valence-electron chi connectivity index (χ0n) is 20.7. The molecule has 182 valence electrons. The Morgan fingerprint density at radius 1 is 1.06 bits per heavy atom. The molecule has 0 aromatic rings. The fourth-order valence-corrected chi connectivity index (χ4v) is 8.16. The second-order valence-corrected chi connectivity index (χ2v) is 11.7. The summed E-state index contributed by atoms with van der Waals surface area (Å²) >= 11 is 0. The number of hydrogen-bond donors (Lipinski definition) is 0. The molecule has 5 aliphatic rings. The first kappa shape index (κ1) is 23.3. The summed E-state index contributed by atoms with van der Waals surface area (Å²) in [6.45, 7) is 10.7. The quantitative estimate of drug-likeness (QED) is 0.444. The molecule has 2 saturated carbocycles. The second kappa shape index (κ2) is 8.96. The summed E-state index contributed by atoms with van der Waals surface area (Å²) in [5.74, 6) is 2.17. The number of ether oxygens (including phenoxy) is 2. The maximum Gasteiger partial charge on any atom is 0.307 e.